The molecule has 0 aliphatic rings. The number of amides is 1. The molecule has 0 fully saturated rings. The standard InChI is InChI=1S/C16H18ClN3O3/c1-9(2)14(10-4-6-11(17)7-5-10)18-15(21)13-8-12(16(22)23)19-20(13)3/h4-9,14H,1-3H3,(H,18,21)(H,22,23). The zero-order chi connectivity index (χ0) is 17.1. The summed E-state index contributed by atoms with van der Waals surface area (Å²) in [5.74, 6) is -1.40. The normalized spacial score (nSPS) is 12.2. The van der Waals surface area contributed by atoms with E-state index < -0.39 is 5.97 Å². The molecule has 7 heteroatoms. The maximum absolute atomic E-state index is 12.5. The number of aryl methyl sites for hydroxylation is 1. The van der Waals surface area contributed by atoms with Gasteiger partial charge >= 0.3 is 5.97 Å². The lowest BCUT2D eigenvalue weighted by Crippen LogP contribution is -2.32. The number of rotatable bonds is 5. The van der Waals surface area contributed by atoms with Crippen LogP contribution in [0.2, 0.25) is 5.02 Å². The van der Waals surface area contributed by atoms with Gasteiger partial charge in [-0.15, -0.1) is 0 Å². The minimum absolute atomic E-state index is 0.146. The third kappa shape index (κ3) is 3.90. The summed E-state index contributed by atoms with van der Waals surface area (Å²) >= 11 is 5.90. The van der Waals surface area contributed by atoms with Crippen molar-refractivity contribution in [3.63, 3.8) is 0 Å². The molecule has 0 aliphatic carbocycles. The van der Waals surface area contributed by atoms with E-state index in [1.165, 1.54) is 17.8 Å². The largest absolute Gasteiger partial charge is 0.476 e. The van der Waals surface area contributed by atoms with Crippen LogP contribution in [0.25, 0.3) is 0 Å². The van der Waals surface area contributed by atoms with Crippen LogP contribution in [0, 0.1) is 5.92 Å². The molecule has 23 heavy (non-hydrogen) atoms. The maximum Gasteiger partial charge on any atom is 0.356 e. The van der Waals surface area contributed by atoms with E-state index in [0.29, 0.717) is 5.02 Å². The maximum atomic E-state index is 12.5. The predicted octanol–water partition coefficient (Wildman–Crippen LogP) is 2.90. The number of benzene rings is 1. The highest BCUT2D eigenvalue weighted by Gasteiger charge is 2.22. The Bertz CT molecular complexity index is 723. The fraction of sp³-hybridized carbons (Fsp3) is 0.312. The molecule has 0 saturated heterocycles. The van der Waals surface area contributed by atoms with Crippen LogP contribution in [-0.2, 0) is 7.05 Å². The van der Waals surface area contributed by atoms with Gasteiger partial charge in [0.1, 0.15) is 5.69 Å². The highest BCUT2D eigenvalue weighted by molar-refractivity contribution is 6.30. The van der Waals surface area contributed by atoms with Gasteiger partial charge in [-0.2, -0.15) is 5.10 Å². The average Bonchev–Trinajstić information content (AvgIpc) is 2.88. The van der Waals surface area contributed by atoms with Gasteiger partial charge < -0.3 is 10.4 Å². The number of carboxylic acid groups (broad SMARTS) is 1. The topological polar surface area (TPSA) is 84.2 Å². The van der Waals surface area contributed by atoms with Crippen molar-refractivity contribution < 1.29 is 14.7 Å². The Balaban J connectivity index is 2.25. The summed E-state index contributed by atoms with van der Waals surface area (Å²) in [6.07, 6.45) is 0. The van der Waals surface area contributed by atoms with Gasteiger partial charge in [0, 0.05) is 18.1 Å². The quantitative estimate of drug-likeness (QED) is 0.880. The summed E-state index contributed by atoms with van der Waals surface area (Å²) in [5.41, 5.74) is 0.964. The molecule has 2 rings (SSSR count). The van der Waals surface area contributed by atoms with Gasteiger partial charge in [0.25, 0.3) is 5.91 Å². The van der Waals surface area contributed by atoms with E-state index in [1.54, 1.807) is 12.1 Å². The minimum Gasteiger partial charge on any atom is -0.476 e. The number of aromatic carboxylic acids is 1. The lowest BCUT2D eigenvalue weighted by Gasteiger charge is -2.23. The molecule has 1 unspecified atom stereocenters. The predicted molar refractivity (Wildman–Crippen MR) is 86.7 cm³/mol. The SMILES string of the molecule is CC(C)C(NC(=O)c1cc(C(=O)O)nn1C)c1ccc(Cl)cc1. The summed E-state index contributed by atoms with van der Waals surface area (Å²) < 4.78 is 1.26. The summed E-state index contributed by atoms with van der Waals surface area (Å²) in [4.78, 5) is 23.4. The van der Waals surface area contributed by atoms with Crippen LogP contribution < -0.4 is 5.32 Å². The molecule has 0 bridgehead atoms. The minimum atomic E-state index is -1.17. The van der Waals surface area contributed by atoms with Crippen molar-refractivity contribution in [2.24, 2.45) is 13.0 Å². The van der Waals surface area contributed by atoms with Crippen LogP contribution >= 0.6 is 11.6 Å². The summed E-state index contributed by atoms with van der Waals surface area (Å²) in [7, 11) is 1.54. The Morgan fingerprint density at radius 1 is 1.26 bits per heavy atom. The molecule has 1 aromatic carbocycles. The zero-order valence-corrected chi connectivity index (χ0v) is 13.8. The highest BCUT2D eigenvalue weighted by atomic mass is 35.5. The molecule has 1 amide bonds. The van der Waals surface area contributed by atoms with E-state index in [4.69, 9.17) is 16.7 Å². The molecule has 2 aromatic rings. The molecule has 0 spiro atoms. The van der Waals surface area contributed by atoms with Crippen LogP contribution in [0.3, 0.4) is 0 Å². The molecule has 2 N–H and O–H groups in total. The van der Waals surface area contributed by atoms with E-state index >= 15 is 0 Å². The van der Waals surface area contributed by atoms with Crippen LogP contribution in [0.5, 0.6) is 0 Å². The first-order chi connectivity index (χ1) is 10.8. The first kappa shape index (κ1) is 17.0. The summed E-state index contributed by atoms with van der Waals surface area (Å²) in [5, 5.41) is 16.3. The number of halogens is 1. The molecular weight excluding hydrogens is 318 g/mol. The Hall–Kier alpha value is -2.34. The second-order valence-corrected chi connectivity index (χ2v) is 6.03. The Morgan fingerprint density at radius 2 is 1.87 bits per heavy atom. The summed E-state index contributed by atoms with van der Waals surface area (Å²) in [6, 6.07) is 8.30. The van der Waals surface area contributed by atoms with E-state index in [9.17, 15) is 9.59 Å². The van der Waals surface area contributed by atoms with Crippen molar-refractivity contribution >= 4 is 23.5 Å². The van der Waals surface area contributed by atoms with Crippen LogP contribution in [-0.4, -0.2) is 26.8 Å². The van der Waals surface area contributed by atoms with E-state index in [0.717, 1.165) is 5.56 Å². The van der Waals surface area contributed by atoms with Crippen LogP contribution in [0.15, 0.2) is 30.3 Å². The van der Waals surface area contributed by atoms with Gasteiger partial charge in [0.05, 0.1) is 6.04 Å². The zero-order valence-electron chi connectivity index (χ0n) is 13.1. The van der Waals surface area contributed by atoms with Crippen LogP contribution in [0.1, 0.15) is 46.4 Å². The second-order valence-electron chi connectivity index (χ2n) is 5.59. The number of nitrogens with one attached hydrogen (secondary N) is 1. The molecule has 0 saturated carbocycles. The first-order valence-electron chi connectivity index (χ1n) is 7.13. The van der Waals surface area contributed by atoms with Crippen molar-refractivity contribution in [2.75, 3.05) is 0 Å². The second kappa shape index (κ2) is 6.83. The van der Waals surface area contributed by atoms with Crippen molar-refractivity contribution in [2.45, 2.75) is 19.9 Å². The number of aromatic nitrogens is 2. The van der Waals surface area contributed by atoms with E-state index in [-0.39, 0.29) is 29.3 Å². The fourth-order valence-electron chi connectivity index (χ4n) is 2.30. The van der Waals surface area contributed by atoms with Crippen molar-refractivity contribution in [3.8, 4) is 0 Å². The average molecular weight is 336 g/mol. The number of hydrogen-bond donors (Lipinski definition) is 2. The van der Waals surface area contributed by atoms with Crippen LogP contribution in [0.4, 0.5) is 0 Å². The van der Waals surface area contributed by atoms with Crippen molar-refractivity contribution in [3.05, 3.63) is 52.3 Å². The third-order valence-electron chi connectivity index (χ3n) is 3.51. The van der Waals surface area contributed by atoms with E-state index in [1.807, 2.05) is 26.0 Å². The number of nitrogens with zero attached hydrogens (tertiary/aromatic N) is 2. The van der Waals surface area contributed by atoms with Gasteiger partial charge in [-0.25, -0.2) is 4.79 Å². The molecule has 0 aliphatic heterocycles. The number of carbonyl (C=O) groups is 2. The molecule has 1 atom stereocenters. The lowest BCUT2D eigenvalue weighted by molar-refractivity contribution is 0.0689. The van der Waals surface area contributed by atoms with E-state index in [2.05, 4.69) is 10.4 Å². The molecule has 1 heterocycles. The smallest absolute Gasteiger partial charge is 0.356 e. The molecule has 122 valence electrons. The van der Waals surface area contributed by atoms with Gasteiger partial charge in [0.2, 0.25) is 0 Å². The number of carboxylic acids is 1. The first-order valence-corrected chi connectivity index (χ1v) is 7.51. The van der Waals surface area contributed by atoms with Gasteiger partial charge in [-0.05, 0) is 23.6 Å². The fourth-order valence-corrected chi connectivity index (χ4v) is 2.43. The highest BCUT2D eigenvalue weighted by Crippen LogP contribution is 2.23. The lowest BCUT2D eigenvalue weighted by atomic mass is 9.96. The Morgan fingerprint density at radius 3 is 2.35 bits per heavy atom. The third-order valence-corrected chi connectivity index (χ3v) is 3.77. The molecule has 1 aromatic heterocycles. The molecular formula is C16H18ClN3O3. The Labute approximate surface area is 139 Å². The van der Waals surface area contributed by atoms with Crippen molar-refractivity contribution in [1.82, 2.24) is 15.1 Å². The number of carbonyl (C=O) groups excluding carboxylic acids is 1. The van der Waals surface area contributed by atoms with Gasteiger partial charge in [-0.3, -0.25) is 9.48 Å². The number of hydrogen-bond acceptors (Lipinski definition) is 3. The van der Waals surface area contributed by atoms with Crippen molar-refractivity contribution in [1.29, 1.82) is 0 Å². The monoisotopic (exact) mass is 335 g/mol. The molecule has 0 radical (unpaired) electrons. The summed E-state index contributed by atoms with van der Waals surface area (Å²) in [6.45, 7) is 3.98. The van der Waals surface area contributed by atoms with Gasteiger partial charge in [-0.1, -0.05) is 37.6 Å². The van der Waals surface area contributed by atoms with Gasteiger partial charge in [0.15, 0.2) is 5.69 Å². The Kier molecular flexibility index (Phi) is 5.05. The molecule has 6 nitrogen and oxygen atoms in total.